The Balaban J connectivity index is 1.35. The molecule has 3 amide bonds. The van der Waals surface area contributed by atoms with E-state index in [1.165, 1.54) is 23.1 Å². The minimum Gasteiger partial charge on any atom is -0.452 e. The van der Waals surface area contributed by atoms with E-state index in [9.17, 15) is 19.2 Å². The lowest BCUT2D eigenvalue weighted by Crippen LogP contribution is -2.30. The minimum atomic E-state index is -0.701. The van der Waals surface area contributed by atoms with Crippen molar-refractivity contribution < 1.29 is 23.9 Å². The normalized spacial score (nSPS) is 22.2. The Morgan fingerprint density at radius 2 is 1.70 bits per heavy atom. The number of imide groups is 1. The third-order valence-electron chi connectivity index (χ3n) is 6.09. The lowest BCUT2D eigenvalue weighted by atomic mass is 9.76. The summed E-state index contributed by atoms with van der Waals surface area (Å²) in [6, 6.07) is 10.6. The van der Waals surface area contributed by atoms with E-state index in [2.05, 4.69) is 12.2 Å². The van der Waals surface area contributed by atoms with Gasteiger partial charge in [0.05, 0.1) is 33.1 Å². The van der Waals surface area contributed by atoms with Crippen molar-refractivity contribution in [3.05, 3.63) is 58.1 Å². The van der Waals surface area contributed by atoms with Crippen molar-refractivity contribution in [1.82, 2.24) is 0 Å². The molecule has 2 fully saturated rings. The van der Waals surface area contributed by atoms with Gasteiger partial charge in [0, 0.05) is 5.69 Å². The van der Waals surface area contributed by atoms with Crippen molar-refractivity contribution in [3.8, 4) is 0 Å². The van der Waals surface area contributed by atoms with E-state index in [0.717, 1.165) is 19.3 Å². The smallest absolute Gasteiger partial charge is 0.338 e. The van der Waals surface area contributed by atoms with Crippen LogP contribution in [0.25, 0.3) is 0 Å². The van der Waals surface area contributed by atoms with Crippen molar-refractivity contribution >= 4 is 58.3 Å². The summed E-state index contributed by atoms with van der Waals surface area (Å²) in [5.74, 6) is -1.69. The van der Waals surface area contributed by atoms with Crippen LogP contribution in [0.2, 0.25) is 10.0 Å². The molecule has 1 heterocycles. The van der Waals surface area contributed by atoms with E-state index >= 15 is 0 Å². The highest BCUT2D eigenvalue weighted by Crippen LogP contribution is 2.42. The van der Waals surface area contributed by atoms with E-state index < -0.39 is 18.5 Å². The number of esters is 1. The SMILES string of the molecule is C[C@@H]1CC[C@@H]2C(=O)N(c3ccc(C(=O)OCC(=O)Nc4ccc(Cl)c(Cl)c4)cc3)C(=O)[C@H]2C1. The van der Waals surface area contributed by atoms with Gasteiger partial charge in [0.15, 0.2) is 6.61 Å². The number of anilines is 2. The second-order valence-corrected chi connectivity index (χ2v) is 9.26. The second-order valence-electron chi connectivity index (χ2n) is 8.44. The summed E-state index contributed by atoms with van der Waals surface area (Å²) in [6.07, 6.45) is 2.39. The molecule has 2 aromatic carbocycles. The first-order valence-corrected chi connectivity index (χ1v) is 11.4. The van der Waals surface area contributed by atoms with Crippen LogP contribution in [0.5, 0.6) is 0 Å². The molecule has 1 aliphatic heterocycles. The number of carbonyl (C=O) groups excluding carboxylic acids is 4. The fourth-order valence-electron chi connectivity index (χ4n) is 4.38. The Morgan fingerprint density at radius 1 is 1.00 bits per heavy atom. The monoisotopic (exact) mass is 488 g/mol. The Kier molecular flexibility index (Phi) is 6.72. The van der Waals surface area contributed by atoms with Crippen molar-refractivity contribution in [3.63, 3.8) is 0 Å². The molecule has 0 bridgehead atoms. The molecule has 3 atom stereocenters. The molecule has 0 unspecified atom stereocenters. The molecule has 1 N–H and O–H groups in total. The summed E-state index contributed by atoms with van der Waals surface area (Å²) in [6.45, 7) is 1.60. The van der Waals surface area contributed by atoms with E-state index in [4.69, 9.17) is 27.9 Å². The summed E-state index contributed by atoms with van der Waals surface area (Å²) < 4.78 is 5.06. The summed E-state index contributed by atoms with van der Waals surface area (Å²) in [7, 11) is 0. The third-order valence-corrected chi connectivity index (χ3v) is 6.83. The van der Waals surface area contributed by atoms with Crippen LogP contribution in [0.15, 0.2) is 42.5 Å². The van der Waals surface area contributed by atoms with Gasteiger partial charge in [-0.3, -0.25) is 19.3 Å². The number of rotatable bonds is 5. The molecule has 33 heavy (non-hydrogen) atoms. The van der Waals surface area contributed by atoms with Gasteiger partial charge in [-0.05, 0) is 67.6 Å². The van der Waals surface area contributed by atoms with Crippen LogP contribution in [-0.4, -0.2) is 30.3 Å². The summed E-state index contributed by atoms with van der Waals surface area (Å²) >= 11 is 11.7. The Bertz CT molecular complexity index is 1120. The average Bonchev–Trinajstić information content (AvgIpc) is 3.04. The molecule has 2 aromatic rings. The van der Waals surface area contributed by atoms with Crippen LogP contribution in [-0.2, 0) is 19.1 Å². The first-order valence-electron chi connectivity index (χ1n) is 10.6. The standard InChI is InChI=1S/C24H22Cl2N2O5/c1-13-2-8-17-18(10-13)23(31)28(22(17)30)16-6-3-14(4-7-16)24(32)33-12-21(29)27-15-5-9-19(25)20(26)11-15/h3-7,9,11,13,17-18H,2,8,10,12H2,1H3,(H,27,29)/t13-,17+,18+/m1/s1. The minimum absolute atomic E-state index is 0.175. The molecule has 1 saturated heterocycles. The topological polar surface area (TPSA) is 92.8 Å². The van der Waals surface area contributed by atoms with Crippen molar-refractivity contribution in [2.75, 3.05) is 16.8 Å². The molecule has 2 aliphatic rings. The highest BCUT2D eigenvalue weighted by Gasteiger charge is 2.49. The second kappa shape index (κ2) is 9.53. The molecule has 4 rings (SSSR count). The Labute approximate surface area is 201 Å². The van der Waals surface area contributed by atoms with Gasteiger partial charge in [0.25, 0.3) is 5.91 Å². The van der Waals surface area contributed by atoms with E-state index in [1.54, 1.807) is 24.3 Å². The zero-order valence-electron chi connectivity index (χ0n) is 17.8. The molecule has 9 heteroatoms. The highest BCUT2D eigenvalue weighted by molar-refractivity contribution is 6.42. The number of amides is 3. The molecule has 1 saturated carbocycles. The predicted molar refractivity (Wildman–Crippen MR) is 124 cm³/mol. The molecule has 0 spiro atoms. The first kappa shape index (κ1) is 23.3. The number of hydrogen-bond donors (Lipinski definition) is 1. The van der Waals surface area contributed by atoms with Gasteiger partial charge in [0.2, 0.25) is 11.8 Å². The van der Waals surface area contributed by atoms with Gasteiger partial charge in [-0.15, -0.1) is 0 Å². The number of ether oxygens (including phenoxy) is 1. The molecule has 172 valence electrons. The fourth-order valence-corrected chi connectivity index (χ4v) is 4.67. The van der Waals surface area contributed by atoms with Gasteiger partial charge in [-0.25, -0.2) is 4.79 Å². The van der Waals surface area contributed by atoms with Gasteiger partial charge in [-0.2, -0.15) is 0 Å². The van der Waals surface area contributed by atoms with Crippen molar-refractivity contribution in [2.45, 2.75) is 26.2 Å². The van der Waals surface area contributed by atoms with Crippen LogP contribution < -0.4 is 10.2 Å². The van der Waals surface area contributed by atoms with Gasteiger partial charge in [-0.1, -0.05) is 30.1 Å². The largest absolute Gasteiger partial charge is 0.452 e. The maximum Gasteiger partial charge on any atom is 0.338 e. The van der Waals surface area contributed by atoms with Crippen LogP contribution >= 0.6 is 23.2 Å². The predicted octanol–water partition coefficient (Wildman–Crippen LogP) is 4.71. The molecule has 1 aliphatic carbocycles. The third kappa shape index (κ3) is 4.89. The van der Waals surface area contributed by atoms with E-state index in [-0.39, 0.29) is 34.2 Å². The lowest BCUT2D eigenvalue weighted by Gasteiger charge is -2.25. The Hall–Kier alpha value is -2.90. The zero-order valence-corrected chi connectivity index (χ0v) is 19.4. The number of benzene rings is 2. The van der Waals surface area contributed by atoms with Gasteiger partial charge < -0.3 is 10.1 Å². The number of hydrogen-bond acceptors (Lipinski definition) is 5. The summed E-state index contributed by atoms with van der Waals surface area (Å²) in [5, 5.41) is 3.20. The maximum absolute atomic E-state index is 12.8. The number of fused-ring (bicyclic) bond motifs is 1. The van der Waals surface area contributed by atoms with E-state index in [1.807, 2.05) is 0 Å². The van der Waals surface area contributed by atoms with Gasteiger partial charge >= 0.3 is 5.97 Å². The lowest BCUT2D eigenvalue weighted by molar-refractivity contribution is -0.122. The molecule has 7 nitrogen and oxygen atoms in total. The fraction of sp³-hybridized carbons (Fsp3) is 0.333. The quantitative estimate of drug-likeness (QED) is 0.485. The van der Waals surface area contributed by atoms with Crippen LogP contribution in [0.1, 0.15) is 36.5 Å². The molecule has 0 aromatic heterocycles. The number of carbonyl (C=O) groups is 4. The van der Waals surface area contributed by atoms with E-state index in [0.29, 0.717) is 22.3 Å². The zero-order chi connectivity index (χ0) is 23.7. The molecular weight excluding hydrogens is 467 g/mol. The number of nitrogens with one attached hydrogen (secondary N) is 1. The maximum atomic E-state index is 12.8. The Morgan fingerprint density at radius 3 is 2.39 bits per heavy atom. The van der Waals surface area contributed by atoms with Crippen molar-refractivity contribution in [1.29, 1.82) is 0 Å². The van der Waals surface area contributed by atoms with Gasteiger partial charge in [0.1, 0.15) is 0 Å². The summed E-state index contributed by atoms with van der Waals surface area (Å²) in [4.78, 5) is 51.2. The van der Waals surface area contributed by atoms with Crippen LogP contribution in [0.4, 0.5) is 11.4 Å². The first-order chi connectivity index (χ1) is 15.7. The summed E-state index contributed by atoms with van der Waals surface area (Å²) in [5.41, 5.74) is 1.05. The average molecular weight is 489 g/mol. The molecular formula is C24H22Cl2N2O5. The van der Waals surface area contributed by atoms with Crippen molar-refractivity contribution in [2.24, 2.45) is 17.8 Å². The highest BCUT2D eigenvalue weighted by atomic mass is 35.5. The van der Waals surface area contributed by atoms with Crippen LogP contribution in [0, 0.1) is 17.8 Å². The van der Waals surface area contributed by atoms with Crippen LogP contribution in [0.3, 0.4) is 0 Å². The molecule has 0 radical (unpaired) electrons. The number of halogens is 2. The number of nitrogens with zero attached hydrogens (tertiary/aromatic N) is 1.